The van der Waals surface area contributed by atoms with E-state index in [9.17, 15) is 4.39 Å². The Kier molecular flexibility index (Phi) is 6.17. The van der Waals surface area contributed by atoms with E-state index in [1.54, 1.807) is 19.2 Å². The molecule has 112 valence electrons. The van der Waals surface area contributed by atoms with E-state index in [-0.39, 0.29) is 5.75 Å². The zero-order valence-electron chi connectivity index (χ0n) is 11.7. The van der Waals surface area contributed by atoms with Crippen LogP contribution in [0.1, 0.15) is 5.56 Å². The van der Waals surface area contributed by atoms with Gasteiger partial charge in [-0.05, 0) is 24.3 Å². The Morgan fingerprint density at radius 3 is 2.71 bits per heavy atom. The number of hydrogen-bond donors (Lipinski definition) is 1. The van der Waals surface area contributed by atoms with Crippen LogP contribution in [0.4, 0.5) is 4.39 Å². The Bertz CT molecular complexity index is 592. The Hall–Kier alpha value is -1.43. The van der Waals surface area contributed by atoms with Crippen molar-refractivity contribution in [1.29, 1.82) is 0 Å². The highest BCUT2D eigenvalue weighted by Crippen LogP contribution is 2.29. The van der Waals surface area contributed by atoms with Crippen molar-refractivity contribution in [2.75, 3.05) is 20.3 Å². The van der Waals surface area contributed by atoms with Crippen LogP contribution in [-0.4, -0.2) is 20.3 Å². The highest BCUT2D eigenvalue weighted by molar-refractivity contribution is 9.10. The minimum atomic E-state index is -0.397. The smallest absolute Gasteiger partial charge is 0.166 e. The quantitative estimate of drug-likeness (QED) is 0.759. The lowest BCUT2D eigenvalue weighted by Crippen LogP contribution is -2.18. The van der Waals surface area contributed by atoms with Crippen molar-refractivity contribution >= 4 is 15.9 Å². The fraction of sp³-hybridized carbons (Fsp3) is 0.250. The summed E-state index contributed by atoms with van der Waals surface area (Å²) in [5.41, 5.74) is 0.968. The van der Waals surface area contributed by atoms with Crippen molar-refractivity contribution in [3.63, 3.8) is 0 Å². The van der Waals surface area contributed by atoms with Gasteiger partial charge in [-0.15, -0.1) is 0 Å². The third-order valence-electron chi connectivity index (χ3n) is 2.88. The largest absolute Gasteiger partial charge is 0.454 e. The van der Waals surface area contributed by atoms with Crippen LogP contribution in [-0.2, 0) is 11.3 Å². The first-order valence-corrected chi connectivity index (χ1v) is 7.40. The van der Waals surface area contributed by atoms with Crippen LogP contribution < -0.4 is 10.1 Å². The third kappa shape index (κ3) is 4.81. The van der Waals surface area contributed by atoms with Crippen molar-refractivity contribution < 1.29 is 13.9 Å². The van der Waals surface area contributed by atoms with Crippen molar-refractivity contribution in [3.8, 4) is 11.5 Å². The number of para-hydroxylation sites is 1. The highest BCUT2D eigenvalue weighted by Gasteiger charge is 2.08. The fourth-order valence-corrected chi connectivity index (χ4v) is 2.16. The van der Waals surface area contributed by atoms with Crippen LogP contribution in [0.15, 0.2) is 46.9 Å². The van der Waals surface area contributed by atoms with Crippen LogP contribution >= 0.6 is 15.9 Å². The van der Waals surface area contributed by atoms with Gasteiger partial charge in [0.05, 0.1) is 6.61 Å². The number of nitrogens with one attached hydrogen (secondary N) is 1. The van der Waals surface area contributed by atoms with Crippen LogP contribution in [0.3, 0.4) is 0 Å². The first-order valence-electron chi connectivity index (χ1n) is 6.61. The lowest BCUT2D eigenvalue weighted by atomic mass is 10.2. The standard InChI is InChI=1S/C16H17BrFNO2/c1-20-9-8-19-11-12-4-2-3-5-15(12)21-16-7-6-13(17)10-14(16)18/h2-7,10,19H,8-9,11H2,1H3. The van der Waals surface area contributed by atoms with Gasteiger partial charge in [-0.25, -0.2) is 4.39 Å². The summed E-state index contributed by atoms with van der Waals surface area (Å²) in [5.74, 6) is 0.456. The first kappa shape index (κ1) is 15.9. The molecule has 0 radical (unpaired) electrons. The van der Waals surface area contributed by atoms with E-state index in [2.05, 4.69) is 21.2 Å². The Balaban J connectivity index is 2.08. The van der Waals surface area contributed by atoms with Gasteiger partial charge >= 0.3 is 0 Å². The second kappa shape index (κ2) is 8.12. The Labute approximate surface area is 132 Å². The molecule has 0 aliphatic rings. The van der Waals surface area contributed by atoms with Crippen molar-refractivity contribution in [1.82, 2.24) is 5.32 Å². The number of benzene rings is 2. The molecule has 0 unspecified atom stereocenters. The Morgan fingerprint density at radius 2 is 1.95 bits per heavy atom. The summed E-state index contributed by atoms with van der Waals surface area (Å²) in [6, 6.07) is 12.3. The molecule has 5 heteroatoms. The number of hydrogen-bond acceptors (Lipinski definition) is 3. The molecule has 0 amide bonds. The first-order chi connectivity index (χ1) is 10.2. The SMILES string of the molecule is COCCNCc1ccccc1Oc1ccc(Br)cc1F. The predicted molar refractivity (Wildman–Crippen MR) is 84.2 cm³/mol. The van der Waals surface area contributed by atoms with Gasteiger partial charge in [-0.3, -0.25) is 0 Å². The normalized spacial score (nSPS) is 10.6. The second-order valence-electron chi connectivity index (χ2n) is 4.45. The van der Waals surface area contributed by atoms with Gasteiger partial charge in [0, 0.05) is 30.2 Å². The van der Waals surface area contributed by atoms with Gasteiger partial charge in [-0.1, -0.05) is 34.1 Å². The minimum Gasteiger partial charge on any atom is -0.454 e. The summed E-state index contributed by atoms with van der Waals surface area (Å²) < 4.78 is 25.2. The van der Waals surface area contributed by atoms with Gasteiger partial charge in [-0.2, -0.15) is 0 Å². The summed E-state index contributed by atoms with van der Waals surface area (Å²) in [6.45, 7) is 2.03. The monoisotopic (exact) mass is 353 g/mol. The van der Waals surface area contributed by atoms with Crippen molar-refractivity contribution in [2.24, 2.45) is 0 Å². The number of rotatable bonds is 7. The molecule has 0 heterocycles. The maximum Gasteiger partial charge on any atom is 0.166 e. The van der Waals surface area contributed by atoms with Gasteiger partial charge in [0.25, 0.3) is 0 Å². The molecular weight excluding hydrogens is 337 g/mol. The van der Waals surface area contributed by atoms with Crippen molar-refractivity contribution in [3.05, 3.63) is 58.3 Å². The summed E-state index contributed by atoms with van der Waals surface area (Å²) in [5, 5.41) is 3.25. The lowest BCUT2D eigenvalue weighted by Gasteiger charge is -2.12. The molecule has 2 aromatic rings. The molecule has 0 fully saturated rings. The molecule has 0 atom stereocenters. The average Bonchev–Trinajstić information content (AvgIpc) is 2.48. The minimum absolute atomic E-state index is 0.211. The molecule has 0 saturated heterocycles. The summed E-state index contributed by atoms with van der Waals surface area (Å²) in [4.78, 5) is 0. The topological polar surface area (TPSA) is 30.5 Å². The van der Waals surface area contributed by atoms with E-state index < -0.39 is 5.82 Å². The van der Waals surface area contributed by atoms with E-state index in [1.807, 2.05) is 24.3 Å². The molecule has 2 aromatic carbocycles. The van der Waals surface area contributed by atoms with E-state index in [0.29, 0.717) is 23.4 Å². The van der Waals surface area contributed by atoms with Gasteiger partial charge in [0.1, 0.15) is 5.75 Å². The molecule has 1 N–H and O–H groups in total. The summed E-state index contributed by atoms with van der Waals surface area (Å²) >= 11 is 3.23. The molecule has 0 saturated carbocycles. The number of ether oxygens (including phenoxy) is 2. The van der Waals surface area contributed by atoms with Gasteiger partial charge < -0.3 is 14.8 Å². The van der Waals surface area contributed by atoms with Crippen LogP contribution in [0.5, 0.6) is 11.5 Å². The second-order valence-corrected chi connectivity index (χ2v) is 5.37. The van der Waals surface area contributed by atoms with Crippen LogP contribution in [0.2, 0.25) is 0 Å². The maximum absolute atomic E-state index is 13.8. The van der Waals surface area contributed by atoms with E-state index in [4.69, 9.17) is 9.47 Å². The average molecular weight is 354 g/mol. The molecule has 0 aliphatic heterocycles. The summed E-state index contributed by atoms with van der Waals surface area (Å²) in [7, 11) is 1.66. The fourth-order valence-electron chi connectivity index (χ4n) is 1.82. The third-order valence-corrected chi connectivity index (χ3v) is 3.38. The zero-order chi connectivity index (χ0) is 15.1. The number of halogens is 2. The molecule has 2 rings (SSSR count). The highest BCUT2D eigenvalue weighted by atomic mass is 79.9. The molecule has 0 bridgehead atoms. The lowest BCUT2D eigenvalue weighted by molar-refractivity contribution is 0.199. The molecule has 0 aliphatic carbocycles. The van der Waals surface area contributed by atoms with Crippen LogP contribution in [0, 0.1) is 5.82 Å². The van der Waals surface area contributed by atoms with Gasteiger partial charge in [0.2, 0.25) is 0 Å². The maximum atomic E-state index is 13.8. The molecule has 0 aromatic heterocycles. The number of methoxy groups -OCH3 is 1. The molecule has 21 heavy (non-hydrogen) atoms. The van der Waals surface area contributed by atoms with Crippen molar-refractivity contribution in [2.45, 2.75) is 6.54 Å². The van der Waals surface area contributed by atoms with Crippen LogP contribution in [0.25, 0.3) is 0 Å². The predicted octanol–water partition coefficient (Wildman–Crippen LogP) is 4.12. The van der Waals surface area contributed by atoms with E-state index in [1.165, 1.54) is 6.07 Å². The summed E-state index contributed by atoms with van der Waals surface area (Å²) in [6.07, 6.45) is 0. The Morgan fingerprint density at radius 1 is 1.14 bits per heavy atom. The molecular formula is C16H17BrFNO2. The zero-order valence-corrected chi connectivity index (χ0v) is 13.3. The van der Waals surface area contributed by atoms with Gasteiger partial charge in [0.15, 0.2) is 11.6 Å². The van der Waals surface area contributed by atoms with E-state index >= 15 is 0 Å². The molecule has 3 nitrogen and oxygen atoms in total. The molecule has 0 spiro atoms. The van der Waals surface area contributed by atoms with E-state index in [0.717, 1.165) is 12.1 Å².